The van der Waals surface area contributed by atoms with Crippen LogP contribution in [0.1, 0.15) is 18.4 Å². The van der Waals surface area contributed by atoms with Crippen molar-refractivity contribution in [1.82, 2.24) is 0 Å². The fourth-order valence-corrected chi connectivity index (χ4v) is 1.92. The van der Waals surface area contributed by atoms with Gasteiger partial charge in [0.2, 0.25) is 0 Å². The summed E-state index contributed by atoms with van der Waals surface area (Å²) in [4.78, 5) is 10.1. The van der Waals surface area contributed by atoms with E-state index in [2.05, 4.69) is 5.32 Å². The Balaban J connectivity index is 2.07. The molecule has 1 N–H and O–H groups in total. The van der Waals surface area contributed by atoms with Crippen LogP contribution >= 0.6 is 0 Å². The quantitative estimate of drug-likeness (QED) is 0.649. The highest BCUT2D eigenvalue weighted by Gasteiger charge is 2.16. The molecule has 1 saturated heterocycles. The predicted molar refractivity (Wildman–Crippen MR) is 65.3 cm³/mol. The average Bonchev–Trinajstić information content (AvgIpc) is 2.89. The van der Waals surface area contributed by atoms with Crippen LogP contribution in [0.2, 0.25) is 0 Å². The predicted octanol–water partition coefficient (Wildman–Crippen LogP) is 2.06. The zero-order chi connectivity index (χ0) is 13.0. The Morgan fingerprint density at radius 1 is 1.61 bits per heavy atom. The smallest absolute Gasteiger partial charge is 0.270 e. The van der Waals surface area contributed by atoms with E-state index < -0.39 is 4.92 Å². The standard InChI is InChI=1S/C12H13N3O3/c13-7-9-6-10(15(16)17)3-4-12(9)14-8-11-2-1-5-18-11/h3-4,6,11,14H,1-2,5,8H2/t11-/m0/s1. The van der Waals surface area contributed by atoms with E-state index in [1.807, 2.05) is 6.07 Å². The third-order valence-corrected chi connectivity index (χ3v) is 2.88. The maximum atomic E-state index is 10.6. The Kier molecular flexibility index (Phi) is 3.75. The van der Waals surface area contributed by atoms with Gasteiger partial charge in [0, 0.05) is 25.3 Å². The van der Waals surface area contributed by atoms with Gasteiger partial charge in [-0.1, -0.05) is 0 Å². The number of non-ortho nitro benzene ring substituents is 1. The highest BCUT2D eigenvalue weighted by Crippen LogP contribution is 2.22. The molecule has 18 heavy (non-hydrogen) atoms. The van der Waals surface area contributed by atoms with Gasteiger partial charge in [0.05, 0.1) is 22.3 Å². The second kappa shape index (κ2) is 5.47. The second-order valence-electron chi connectivity index (χ2n) is 4.11. The number of benzene rings is 1. The van der Waals surface area contributed by atoms with Gasteiger partial charge in [-0.05, 0) is 18.9 Å². The largest absolute Gasteiger partial charge is 0.381 e. The molecule has 0 amide bonds. The van der Waals surface area contributed by atoms with Gasteiger partial charge in [-0.2, -0.15) is 5.26 Å². The minimum absolute atomic E-state index is 0.0748. The van der Waals surface area contributed by atoms with Gasteiger partial charge in [-0.15, -0.1) is 0 Å². The first-order valence-electron chi connectivity index (χ1n) is 5.74. The molecule has 1 atom stereocenters. The van der Waals surface area contributed by atoms with Crippen molar-refractivity contribution in [2.75, 3.05) is 18.5 Å². The molecule has 1 aromatic carbocycles. The number of anilines is 1. The highest BCUT2D eigenvalue weighted by molar-refractivity contribution is 5.61. The van der Waals surface area contributed by atoms with Crippen LogP contribution < -0.4 is 5.32 Å². The molecule has 0 aromatic heterocycles. The van der Waals surface area contributed by atoms with Crippen LogP contribution in [-0.4, -0.2) is 24.2 Å². The molecule has 6 heteroatoms. The SMILES string of the molecule is N#Cc1cc([N+](=O)[O-])ccc1NC[C@@H]1CCCO1. The lowest BCUT2D eigenvalue weighted by molar-refractivity contribution is -0.384. The first-order valence-corrected chi connectivity index (χ1v) is 5.74. The fraction of sp³-hybridized carbons (Fsp3) is 0.417. The number of nitro groups is 1. The van der Waals surface area contributed by atoms with E-state index in [4.69, 9.17) is 10.00 Å². The number of rotatable bonds is 4. The van der Waals surface area contributed by atoms with E-state index in [9.17, 15) is 10.1 Å². The van der Waals surface area contributed by atoms with E-state index in [0.717, 1.165) is 19.4 Å². The molecule has 0 spiro atoms. The van der Waals surface area contributed by atoms with Crippen molar-refractivity contribution < 1.29 is 9.66 Å². The Morgan fingerprint density at radius 3 is 3.06 bits per heavy atom. The molecule has 0 radical (unpaired) electrons. The first kappa shape index (κ1) is 12.3. The molecule has 0 aliphatic carbocycles. The Morgan fingerprint density at radius 2 is 2.44 bits per heavy atom. The summed E-state index contributed by atoms with van der Waals surface area (Å²) in [5, 5.41) is 22.7. The van der Waals surface area contributed by atoms with E-state index in [1.54, 1.807) is 6.07 Å². The van der Waals surface area contributed by atoms with Crippen LogP contribution in [0.3, 0.4) is 0 Å². The van der Waals surface area contributed by atoms with Crippen LogP contribution in [0, 0.1) is 21.4 Å². The topological polar surface area (TPSA) is 88.2 Å². The van der Waals surface area contributed by atoms with Crippen LogP contribution in [0.5, 0.6) is 0 Å². The maximum absolute atomic E-state index is 10.6. The van der Waals surface area contributed by atoms with Crippen molar-refractivity contribution in [2.24, 2.45) is 0 Å². The van der Waals surface area contributed by atoms with Gasteiger partial charge in [-0.3, -0.25) is 10.1 Å². The van der Waals surface area contributed by atoms with Gasteiger partial charge in [-0.25, -0.2) is 0 Å². The fourth-order valence-electron chi connectivity index (χ4n) is 1.92. The summed E-state index contributed by atoms with van der Waals surface area (Å²) < 4.78 is 5.46. The molecule has 0 unspecified atom stereocenters. The van der Waals surface area contributed by atoms with Crippen LogP contribution in [0.15, 0.2) is 18.2 Å². The van der Waals surface area contributed by atoms with E-state index in [-0.39, 0.29) is 17.4 Å². The molecule has 94 valence electrons. The summed E-state index contributed by atoms with van der Waals surface area (Å²) in [5.41, 5.74) is 0.815. The molecule has 6 nitrogen and oxygen atoms in total. The molecular weight excluding hydrogens is 234 g/mol. The van der Waals surface area contributed by atoms with E-state index in [1.165, 1.54) is 12.1 Å². The van der Waals surface area contributed by atoms with Gasteiger partial charge < -0.3 is 10.1 Å². The van der Waals surface area contributed by atoms with E-state index in [0.29, 0.717) is 12.2 Å². The van der Waals surface area contributed by atoms with Gasteiger partial charge >= 0.3 is 0 Å². The molecule has 1 aromatic rings. The molecular formula is C12H13N3O3. The zero-order valence-electron chi connectivity index (χ0n) is 9.76. The summed E-state index contributed by atoms with van der Waals surface area (Å²) in [7, 11) is 0. The molecule has 1 fully saturated rings. The number of hydrogen-bond donors (Lipinski definition) is 1. The normalized spacial score (nSPS) is 18.3. The second-order valence-corrected chi connectivity index (χ2v) is 4.11. The molecule has 1 aliphatic heterocycles. The molecule has 0 saturated carbocycles. The van der Waals surface area contributed by atoms with E-state index >= 15 is 0 Å². The van der Waals surface area contributed by atoms with Crippen LogP contribution in [0.4, 0.5) is 11.4 Å². The first-order chi connectivity index (χ1) is 8.70. The molecule has 2 rings (SSSR count). The summed E-state index contributed by atoms with van der Waals surface area (Å²) in [6, 6.07) is 6.18. The number of nitrogens with zero attached hydrogens (tertiary/aromatic N) is 2. The van der Waals surface area contributed by atoms with Crippen LogP contribution in [-0.2, 0) is 4.74 Å². The lowest BCUT2D eigenvalue weighted by Gasteiger charge is -2.12. The maximum Gasteiger partial charge on any atom is 0.270 e. The van der Waals surface area contributed by atoms with Crippen LogP contribution in [0.25, 0.3) is 0 Å². The highest BCUT2D eigenvalue weighted by atomic mass is 16.6. The minimum atomic E-state index is -0.509. The lowest BCUT2D eigenvalue weighted by Crippen LogP contribution is -2.18. The molecule has 0 bridgehead atoms. The van der Waals surface area contributed by atoms with Crippen molar-refractivity contribution in [3.05, 3.63) is 33.9 Å². The van der Waals surface area contributed by atoms with Gasteiger partial charge in [0.1, 0.15) is 6.07 Å². The average molecular weight is 247 g/mol. The summed E-state index contributed by atoms with van der Waals surface area (Å²) in [6.45, 7) is 1.39. The lowest BCUT2D eigenvalue weighted by atomic mass is 10.1. The van der Waals surface area contributed by atoms with Crippen molar-refractivity contribution in [2.45, 2.75) is 18.9 Å². The summed E-state index contributed by atoms with van der Waals surface area (Å²) >= 11 is 0. The minimum Gasteiger partial charge on any atom is -0.381 e. The Bertz CT molecular complexity index is 490. The Hall–Kier alpha value is -2.13. The van der Waals surface area contributed by atoms with Gasteiger partial charge in [0.25, 0.3) is 5.69 Å². The molecule has 1 heterocycles. The molecule has 1 aliphatic rings. The van der Waals surface area contributed by atoms with Crippen molar-refractivity contribution >= 4 is 11.4 Å². The number of nitro benzene ring substituents is 1. The van der Waals surface area contributed by atoms with Gasteiger partial charge in [0.15, 0.2) is 0 Å². The number of ether oxygens (including phenoxy) is 1. The summed E-state index contributed by atoms with van der Waals surface area (Å²) in [6.07, 6.45) is 2.21. The zero-order valence-corrected chi connectivity index (χ0v) is 9.76. The van der Waals surface area contributed by atoms with Crippen molar-refractivity contribution in [3.8, 4) is 6.07 Å². The third-order valence-electron chi connectivity index (χ3n) is 2.88. The summed E-state index contributed by atoms with van der Waals surface area (Å²) in [5.74, 6) is 0. The van der Waals surface area contributed by atoms with Crippen molar-refractivity contribution in [3.63, 3.8) is 0 Å². The monoisotopic (exact) mass is 247 g/mol. The third kappa shape index (κ3) is 2.76. The number of nitriles is 1. The van der Waals surface area contributed by atoms with Crippen molar-refractivity contribution in [1.29, 1.82) is 5.26 Å². The number of nitrogens with one attached hydrogen (secondary N) is 1. The Labute approximate surface area is 104 Å². The number of hydrogen-bond acceptors (Lipinski definition) is 5.